The van der Waals surface area contributed by atoms with E-state index in [0.717, 1.165) is 0 Å². The Kier molecular flexibility index (Phi) is 2.93. The molecule has 0 spiro atoms. The van der Waals surface area contributed by atoms with Crippen molar-refractivity contribution in [2.45, 2.75) is 0 Å². The number of hydrogen-bond donors (Lipinski definition) is 0. The molecule has 0 atom stereocenters. The zero-order chi connectivity index (χ0) is 9.30. The number of benzene rings is 1. The molecule has 0 aliphatic heterocycles. The summed E-state index contributed by atoms with van der Waals surface area (Å²) in [6.07, 6.45) is 0. The Morgan fingerprint density at radius 1 is 1.42 bits per heavy atom. The average Bonchev–Trinajstić information content (AvgIpc) is 1.82. The van der Waals surface area contributed by atoms with Crippen molar-refractivity contribution >= 4 is 44.8 Å². The van der Waals surface area contributed by atoms with Crippen LogP contribution in [-0.4, -0.2) is 4.92 Å². The van der Waals surface area contributed by atoms with Gasteiger partial charge in [-0.25, -0.2) is 0 Å². The highest BCUT2D eigenvalue weighted by molar-refractivity contribution is 9.10. The van der Waals surface area contributed by atoms with Crippen molar-refractivity contribution in [2.24, 2.45) is 0 Å². The highest BCUT2D eigenvalue weighted by Gasteiger charge is 2.17. The first kappa shape index (κ1) is 9.77. The van der Waals surface area contributed by atoms with Crippen molar-refractivity contribution in [2.75, 3.05) is 0 Å². The number of halogens is 3. The summed E-state index contributed by atoms with van der Waals surface area (Å²) in [5.41, 5.74) is -0.166. The van der Waals surface area contributed by atoms with Crippen molar-refractivity contribution in [3.63, 3.8) is 0 Å². The third kappa shape index (κ3) is 1.88. The lowest BCUT2D eigenvalue weighted by molar-refractivity contribution is -0.385. The molecule has 1 rings (SSSR count). The minimum atomic E-state index is -0.567. The lowest BCUT2D eigenvalue weighted by Crippen LogP contribution is -1.90. The lowest BCUT2D eigenvalue weighted by Gasteiger charge is -1.98. The molecule has 0 amide bonds. The fraction of sp³-hybridized carbons (Fsp3) is 0. The van der Waals surface area contributed by atoms with Crippen LogP contribution in [0.2, 0.25) is 10.0 Å². The van der Waals surface area contributed by atoms with Crippen LogP contribution in [0.3, 0.4) is 0 Å². The van der Waals surface area contributed by atoms with E-state index in [9.17, 15) is 10.1 Å². The highest BCUT2D eigenvalue weighted by Crippen LogP contribution is 2.35. The van der Waals surface area contributed by atoms with Crippen molar-refractivity contribution in [1.29, 1.82) is 0 Å². The van der Waals surface area contributed by atoms with Crippen molar-refractivity contribution in [3.8, 4) is 0 Å². The quantitative estimate of drug-likeness (QED) is 0.577. The molecule has 1 aromatic carbocycles. The Balaban J connectivity index is 3.38. The van der Waals surface area contributed by atoms with Crippen molar-refractivity contribution in [1.82, 2.24) is 0 Å². The van der Waals surface area contributed by atoms with Crippen LogP contribution in [0.4, 0.5) is 5.69 Å². The minimum absolute atomic E-state index is 0.0272. The predicted molar refractivity (Wildman–Crippen MR) is 50.8 cm³/mol. The van der Waals surface area contributed by atoms with Crippen LogP contribution in [0.1, 0.15) is 0 Å². The Morgan fingerprint density at radius 3 is 2.42 bits per heavy atom. The molecule has 0 fully saturated rings. The van der Waals surface area contributed by atoms with Crippen LogP contribution in [0.5, 0.6) is 0 Å². The number of hydrogen-bond acceptors (Lipinski definition) is 2. The van der Waals surface area contributed by atoms with Gasteiger partial charge in [0, 0.05) is 5.02 Å². The van der Waals surface area contributed by atoms with E-state index in [1.807, 2.05) is 0 Å². The van der Waals surface area contributed by atoms with E-state index in [1.165, 1.54) is 12.1 Å². The predicted octanol–water partition coefficient (Wildman–Crippen LogP) is 3.66. The van der Waals surface area contributed by atoms with E-state index in [2.05, 4.69) is 15.9 Å². The fourth-order valence-electron chi connectivity index (χ4n) is 0.709. The van der Waals surface area contributed by atoms with Crippen LogP contribution in [0.25, 0.3) is 0 Å². The van der Waals surface area contributed by atoms with Gasteiger partial charge in [0.25, 0.3) is 0 Å². The third-order valence-electron chi connectivity index (χ3n) is 1.16. The van der Waals surface area contributed by atoms with E-state index >= 15 is 0 Å². The molecular formula is C6H2BrCl2NO2. The topological polar surface area (TPSA) is 43.1 Å². The van der Waals surface area contributed by atoms with Crippen molar-refractivity contribution in [3.05, 3.63) is 36.8 Å². The molecule has 0 bridgehead atoms. The second-order valence-electron chi connectivity index (χ2n) is 1.98. The monoisotopic (exact) mass is 269 g/mol. The summed E-state index contributed by atoms with van der Waals surface area (Å²) in [7, 11) is 0. The molecule has 12 heavy (non-hydrogen) atoms. The number of nitro benzene ring substituents is 1. The Morgan fingerprint density at radius 2 is 2.00 bits per heavy atom. The molecule has 0 N–H and O–H groups in total. The summed E-state index contributed by atoms with van der Waals surface area (Å²) in [4.78, 5) is 9.84. The lowest BCUT2D eigenvalue weighted by atomic mass is 10.3. The molecule has 0 heterocycles. The van der Waals surface area contributed by atoms with Crippen LogP contribution >= 0.6 is 39.1 Å². The normalized spacial score (nSPS) is 9.92. The summed E-state index contributed by atoms with van der Waals surface area (Å²) < 4.78 is 0.282. The maximum absolute atomic E-state index is 10.4. The maximum atomic E-state index is 10.4. The zero-order valence-corrected chi connectivity index (χ0v) is 8.65. The van der Waals surface area contributed by atoms with Gasteiger partial charge in [0.2, 0.25) is 0 Å². The van der Waals surface area contributed by atoms with Crippen LogP contribution < -0.4 is 0 Å². The molecule has 3 nitrogen and oxygen atoms in total. The SMILES string of the molecule is O=[N+]([O-])c1c(Cl)cc(Cl)cc1Br. The Labute approximate surface area is 86.6 Å². The summed E-state index contributed by atoms with van der Waals surface area (Å²) in [5, 5.41) is 10.8. The third-order valence-corrected chi connectivity index (χ3v) is 2.28. The molecule has 0 saturated carbocycles. The van der Waals surface area contributed by atoms with Gasteiger partial charge in [0.1, 0.15) is 5.02 Å². The molecule has 0 aliphatic rings. The number of rotatable bonds is 1. The van der Waals surface area contributed by atoms with E-state index in [0.29, 0.717) is 5.02 Å². The first-order valence-electron chi connectivity index (χ1n) is 2.81. The molecule has 6 heteroatoms. The summed E-state index contributed by atoms with van der Waals surface area (Å²) in [5.74, 6) is 0. The minimum Gasteiger partial charge on any atom is -0.258 e. The first-order chi connectivity index (χ1) is 5.52. The standard InChI is InChI=1S/C6H2BrCl2NO2/c7-4-1-3(8)2-5(9)6(4)10(11)12/h1-2H. The molecular weight excluding hydrogens is 269 g/mol. The van der Waals surface area contributed by atoms with Gasteiger partial charge in [-0.1, -0.05) is 23.2 Å². The number of nitrogens with zero attached hydrogens (tertiary/aromatic N) is 1. The molecule has 0 aliphatic carbocycles. The summed E-state index contributed by atoms with van der Waals surface area (Å²) in [6.45, 7) is 0. The average molecular weight is 271 g/mol. The van der Waals surface area contributed by atoms with Gasteiger partial charge in [-0.2, -0.15) is 0 Å². The van der Waals surface area contributed by atoms with Crippen molar-refractivity contribution < 1.29 is 4.92 Å². The largest absolute Gasteiger partial charge is 0.302 e. The van der Waals surface area contributed by atoms with Gasteiger partial charge in [-0.15, -0.1) is 0 Å². The maximum Gasteiger partial charge on any atom is 0.302 e. The fourth-order valence-corrected chi connectivity index (χ4v) is 2.12. The van der Waals surface area contributed by atoms with Crippen LogP contribution in [0.15, 0.2) is 16.6 Å². The molecule has 0 saturated heterocycles. The van der Waals surface area contributed by atoms with E-state index in [-0.39, 0.29) is 15.2 Å². The van der Waals surface area contributed by atoms with Crippen LogP contribution in [0, 0.1) is 10.1 Å². The summed E-state index contributed by atoms with van der Waals surface area (Å²) >= 11 is 14.2. The van der Waals surface area contributed by atoms with Gasteiger partial charge in [0.15, 0.2) is 0 Å². The molecule has 64 valence electrons. The van der Waals surface area contributed by atoms with E-state index in [1.54, 1.807) is 0 Å². The van der Waals surface area contributed by atoms with Gasteiger partial charge < -0.3 is 0 Å². The first-order valence-corrected chi connectivity index (χ1v) is 4.36. The van der Waals surface area contributed by atoms with Gasteiger partial charge in [-0.3, -0.25) is 10.1 Å². The smallest absolute Gasteiger partial charge is 0.258 e. The summed E-state index contributed by atoms with van der Waals surface area (Å²) in [6, 6.07) is 2.75. The van der Waals surface area contributed by atoms with Gasteiger partial charge in [0.05, 0.1) is 9.40 Å². The zero-order valence-electron chi connectivity index (χ0n) is 5.55. The van der Waals surface area contributed by atoms with Gasteiger partial charge >= 0.3 is 5.69 Å². The Bertz CT molecular complexity index is 319. The van der Waals surface area contributed by atoms with E-state index in [4.69, 9.17) is 23.2 Å². The highest BCUT2D eigenvalue weighted by atomic mass is 79.9. The van der Waals surface area contributed by atoms with Crippen LogP contribution in [-0.2, 0) is 0 Å². The second-order valence-corrected chi connectivity index (χ2v) is 3.67. The van der Waals surface area contributed by atoms with E-state index < -0.39 is 4.92 Å². The molecule has 0 unspecified atom stereocenters. The number of nitro groups is 1. The molecule has 0 radical (unpaired) electrons. The second kappa shape index (κ2) is 3.60. The van der Waals surface area contributed by atoms with Gasteiger partial charge in [-0.05, 0) is 28.1 Å². The molecule has 0 aromatic heterocycles. The Hall–Kier alpha value is -0.320. The molecule has 1 aromatic rings.